The first-order valence-corrected chi connectivity index (χ1v) is 6.65. The van der Waals surface area contributed by atoms with E-state index >= 15 is 0 Å². The summed E-state index contributed by atoms with van der Waals surface area (Å²) in [5.74, 6) is 1.81. The Morgan fingerprint density at radius 2 is 2.19 bits per heavy atom. The maximum atomic E-state index is 6.11. The second kappa shape index (κ2) is 5.53. The molecule has 0 fully saturated rings. The van der Waals surface area contributed by atoms with Gasteiger partial charge in [0.1, 0.15) is 17.3 Å². The van der Waals surface area contributed by atoms with Crippen molar-refractivity contribution in [1.29, 1.82) is 0 Å². The van der Waals surface area contributed by atoms with E-state index in [0.717, 1.165) is 16.9 Å². The molecule has 0 atom stereocenters. The van der Waals surface area contributed by atoms with Gasteiger partial charge in [0.25, 0.3) is 5.78 Å². The number of rotatable bonds is 4. The monoisotopic (exact) mass is 304 g/mol. The van der Waals surface area contributed by atoms with Crippen molar-refractivity contribution in [3.63, 3.8) is 0 Å². The van der Waals surface area contributed by atoms with Crippen LogP contribution in [-0.2, 0) is 6.54 Å². The van der Waals surface area contributed by atoms with Gasteiger partial charge in [-0.25, -0.2) is 4.98 Å². The number of aromatic nitrogens is 5. The molecule has 0 amide bonds. The Morgan fingerprint density at radius 1 is 1.33 bits per heavy atom. The minimum absolute atomic E-state index is 0.408. The normalized spacial score (nSPS) is 10.8. The van der Waals surface area contributed by atoms with Crippen molar-refractivity contribution in [2.45, 2.75) is 13.5 Å². The van der Waals surface area contributed by atoms with Gasteiger partial charge in [-0.15, -0.1) is 0 Å². The lowest BCUT2D eigenvalue weighted by Gasteiger charge is -2.11. The third kappa shape index (κ3) is 2.59. The second-order valence-corrected chi connectivity index (χ2v) is 4.77. The van der Waals surface area contributed by atoms with E-state index in [1.54, 1.807) is 17.8 Å². The fourth-order valence-corrected chi connectivity index (χ4v) is 2.09. The van der Waals surface area contributed by atoms with Gasteiger partial charge in [-0.05, 0) is 12.5 Å². The third-order valence-corrected chi connectivity index (χ3v) is 3.44. The molecule has 3 aromatic heterocycles. The van der Waals surface area contributed by atoms with Crippen LogP contribution >= 0.6 is 11.6 Å². The summed E-state index contributed by atoms with van der Waals surface area (Å²) in [6.07, 6.45) is 3.20. The number of hydrogen-bond acceptors (Lipinski definition) is 6. The fourth-order valence-electron chi connectivity index (χ4n) is 1.93. The molecule has 7 nitrogen and oxygen atoms in total. The Kier molecular flexibility index (Phi) is 3.57. The lowest BCUT2D eigenvalue weighted by atomic mass is 10.2. The van der Waals surface area contributed by atoms with Crippen molar-refractivity contribution in [2.24, 2.45) is 0 Å². The van der Waals surface area contributed by atoms with Crippen LogP contribution in [-0.4, -0.2) is 31.7 Å². The molecule has 0 saturated heterocycles. The van der Waals surface area contributed by atoms with Crippen molar-refractivity contribution < 1.29 is 4.74 Å². The highest BCUT2D eigenvalue weighted by Crippen LogP contribution is 2.22. The summed E-state index contributed by atoms with van der Waals surface area (Å²) in [5, 5.41) is 7.85. The average Bonchev–Trinajstić information content (AvgIpc) is 2.96. The highest BCUT2D eigenvalue weighted by atomic mass is 35.5. The maximum absolute atomic E-state index is 6.11. The van der Waals surface area contributed by atoms with Crippen LogP contribution in [0.25, 0.3) is 5.78 Å². The topological polar surface area (TPSA) is 77.2 Å². The summed E-state index contributed by atoms with van der Waals surface area (Å²) in [7, 11) is 1.59. The second-order valence-electron chi connectivity index (χ2n) is 4.41. The predicted octanol–water partition coefficient (Wildman–Crippen LogP) is 2.10. The SMILES string of the molecule is COc1ccc(CNc2c(C)c(Cl)nc3ncnn23)cn1. The van der Waals surface area contributed by atoms with Crippen LogP contribution < -0.4 is 10.1 Å². The molecule has 0 aliphatic carbocycles. The molecule has 0 aliphatic rings. The first kappa shape index (κ1) is 13.6. The molecule has 108 valence electrons. The van der Waals surface area contributed by atoms with Gasteiger partial charge in [0.15, 0.2) is 0 Å². The van der Waals surface area contributed by atoms with Crippen molar-refractivity contribution in [2.75, 3.05) is 12.4 Å². The van der Waals surface area contributed by atoms with Crippen molar-refractivity contribution in [1.82, 2.24) is 24.6 Å². The van der Waals surface area contributed by atoms with E-state index in [-0.39, 0.29) is 0 Å². The molecule has 3 heterocycles. The Labute approximate surface area is 126 Å². The van der Waals surface area contributed by atoms with E-state index in [1.807, 2.05) is 19.1 Å². The molecule has 0 saturated carbocycles. The minimum Gasteiger partial charge on any atom is -0.481 e. The van der Waals surface area contributed by atoms with Gasteiger partial charge in [0.2, 0.25) is 5.88 Å². The van der Waals surface area contributed by atoms with Crippen molar-refractivity contribution in [3.05, 3.63) is 40.9 Å². The Hall–Kier alpha value is -2.41. The number of hydrogen-bond donors (Lipinski definition) is 1. The largest absolute Gasteiger partial charge is 0.481 e. The number of methoxy groups -OCH3 is 1. The number of anilines is 1. The van der Waals surface area contributed by atoms with Crippen molar-refractivity contribution >= 4 is 23.2 Å². The first-order valence-electron chi connectivity index (χ1n) is 6.27. The van der Waals surface area contributed by atoms with Crippen LogP contribution in [0, 0.1) is 6.92 Å². The van der Waals surface area contributed by atoms with Crippen molar-refractivity contribution in [3.8, 4) is 5.88 Å². The predicted molar refractivity (Wildman–Crippen MR) is 78.6 cm³/mol. The van der Waals surface area contributed by atoms with E-state index in [1.165, 1.54) is 6.33 Å². The summed E-state index contributed by atoms with van der Waals surface area (Å²) in [6, 6.07) is 3.75. The summed E-state index contributed by atoms with van der Waals surface area (Å²) < 4.78 is 6.66. The molecule has 3 rings (SSSR count). The molecule has 0 bridgehead atoms. The van der Waals surface area contributed by atoms with Gasteiger partial charge in [0, 0.05) is 24.4 Å². The molecule has 0 radical (unpaired) electrons. The van der Waals surface area contributed by atoms with Gasteiger partial charge in [-0.2, -0.15) is 19.6 Å². The van der Waals surface area contributed by atoms with E-state index in [4.69, 9.17) is 16.3 Å². The van der Waals surface area contributed by atoms with E-state index in [2.05, 4.69) is 25.4 Å². The van der Waals surface area contributed by atoms with E-state index in [0.29, 0.717) is 23.4 Å². The quantitative estimate of drug-likeness (QED) is 0.744. The highest BCUT2D eigenvalue weighted by molar-refractivity contribution is 6.30. The third-order valence-electron chi connectivity index (χ3n) is 3.07. The molecule has 0 aromatic carbocycles. The number of ether oxygens (including phenoxy) is 1. The van der Waals surface area contributed by atoms with Crippen LogP contribution in [0.5, 0.6) is 5.88 Å². The van der Waals surface area contributed by atoms with Gasteiger partial charge in [-0.1, -0.05) is 17.7 Å². The molecular formula is C13H13ClN6O. The fraction of sp³-hybridized carbons (Fsp3) is 0.231. The van der Waals surface area contributed by atoms with Gasteiger partial charge >= 0.3 is 0 Å². The van der Waals surface area contributed by atoms with Crippen LogP contribution in [0.15, 0.2) is 24.7 Å². The lowest BCUT2D eigenvalue weighted by Crippen LogP contribution is -2.09. The molecule has 0 aliphatic heterocycles. The molecule has 0 spiro atoms. The Balaban J connectivity index is 1.87. The number of fused-ring (bicyclic) bond motifs is 1. The zero-order valence-electron chi connectivity index (χ0n) is 11.5. The van der Waals surface area contributed by atoms with Crippen LogP contribution in [0.2, 0.25) is 5.15 Å². The van der Waals surface area contributed by atoms with Crippen LogP contribution in [0.1, 0.15) is 11.1 Å². The van der Waals surface area contributed by atoms with Crippen LogP contribution in [0.4, 0.5) is 5.82 Å². The molecular weight excluding hydrogens is 292 g/mol. The summed E-state index contributed by atoms with van der Waals surface area (Å²) in [4.78, 5) is 12.4. The van der Waals surface area contributed by atoms with Gasteiger partial charge in [-0.3, -0.25) is 0 Å². The molecule has 21 heavy (non-hydrogen) atoms. The lowest BCUT2D eigenvalue weighted by molar-refractivity contribution is 0.397. The minimum atomic E-state index is 0.408. The summed E-state index contributed by atoms with van der Waals surface area (Å²) in [5.41, 5.74) is 1.83. The van der Waals surface area contributed by atoms with Crippen LogP contribution in [0.3, 0.4) is 0 Å². The Morgan fingerprint density at radius 3 is 2.90 bits per heavy atom. The van der Waals surface area contributed by atoms with E-state index in [9.17, 15) is 0 Å². The average molecular weight is 305 g/mol. The van der Waals surface area contributed by atoms with E-state index < -0.39 is 0 Å². The molecule has 1 N–H and O–H groups in total. The molecule has 3 aromatic rings. The highest BCUT2D eigenvalue weighted by Gasteiger charge is 2.11. The van der Waals surface area contributed by atoms with Gasteiger partial charge in [0.05, 0.1) is 7.11 Å². The molecule has 0 unspecified atom stereocenters. The van der Waals surface area contributed by atoms with Gasteiger partial charge < -0.3 is 10.1 Å². The smallest absolute Gasteiger partial charge is 0.255 e. The zero-order chi connectivity index (χ0) is 14.8. The maximum Gasteiger partial charge on any atom is 0.255 e. The first-order chi connectivity index (χ1) is 10.2. The summed E-state index contributed by atoms with van der Waals surface area (Å²) >= 11 is 6.11. The number of nitrogens with zero attached hydrogens (tertiary/aromatic N) is 5. The number of halogens is 1. The number of nitrogens with one attached hydrogen (secondary N) is 1. The number of pyridine rings is 1. The Bertz CT molecular complexity index is 770. The standard InChI is InChI=1S/C13H13ClN6O/c1-8-11(14)19-13-17-7-18-20(13)12(8)16-6-9-3-4-10(21-2)15-5-9/h3-5,7,16H,6H2,1-2H3. The summed E-state index contributed by atoms with van der Waals surface area (Å²) in [6.45, 7) is 2.46. The molecule has 8 heteroatoms. The zero-order valence-corrected chi connectivity index (χ0v) is 12.3.